The van der Waals surface area contributed by atoms with E-state index in [1.54, 1.807) is 25.7 Å². The second kappa shape index (κ2) is 20.9. The van der Waals surface area contributed by atoms with Crippen molar-refractivity contribution in [1.29, 1.82) is 0 Å². The van der Waals surface area contributed by atoms with Crippen LogP contribution in [-0.4, -0.2) is 0 Å². The van der Waals surface area contributed by atoms with Crippen molar-refractivity contribution in [1.82, 2.24) is 0 Å². The van der Waals surface area contributed by atoms with Crippen molar-refractivity contribution in [3.63, 3.8) is 0 Å². The minimum absolute atomic E-state index is 0.973. The van der Waals surface area contributed by atoms with Gasteiger partial charge in [-0.2, -0.15) is 0 Å². The van der Waals surface area contributed by atoms with Gasteiger partial charge >= 0.3 is 0 Å². The topological polar surface area (TPSA) is 0 Å². The Labute approximate surface area is 192 Å². The molecule has 0 heteroatoms. The Morgan fingerprint density at radius 3 is 1.47 bits per heavy atom. The molecule has 180 valence electrons. The molecule has 0 bridgehead atoms. The quantitative estimate of drug-likeness (QED) is 0.153. The first kappa shape index (κ1) is 28.0. The molecule has 3 atom stereocenters. The lowest BCUT2D eigenvalue weighted by molar-refractivity contribution is 0.372. The Morgan fingerprint density at radius 2 is 0.933 bits per heavy atom. The van der Waals surface area contributed by atoms with Gasteiger partial charge in [0.2, 0.25) is 0 Å². The molecule has 0 saturated heterocycles. The van der Waals surface area contributed by atoms with Gasteiger partial charge in [0.25, 0.3) is 0 Å². The molecule has 0 N–H and O–H groups in total. The fourth-order valence-corrected chi connectivity index (χ4v) is 5.74. The molecule has 3 unspecified atom stereocenters. The van der Waals surface area contributed by atoms with E-state index >= 15 is 0 Å². The molecule has 1 rings (SSSR count). The standard InChI is InChI=1S/C30H60/c1-4-6-8-10-12-13-14-16-17-19-21-28(3)23-24-30-26-25-29(27-30)22-20-18-15-11-9-7-5-2/h28-30H,4-27H2,1-3H3. The molecule has 0 aromatic heterocycles. The highest BCUT2D eigenvalue weighted by atomic mass is 14.3. The summed E-state index contributed by atoms with van der Waals surface area (Å²) in [5, 5.41) is 0. The van der Waals surface area contributed by atoms with Crippen LogP contribution >= 0.6 is 0 Å². The van der Waals surface area contributed by atoms with Gasteiger partial charge in [-0.1, -0.05) is 168 Å². The summed E-state index contributed by atoms with van der Waals surface area (Å²) >= 11 is 0. The van der Waals surface area contributed by atoms with E-state index in [9.17, 15) is 0 Å². The summed E-state index contributed by atoms with van der Waals surface area (Å²) in [6.07, 6.45) is 35.7. The third kappa shape index (κ3) is 16.7. The maximum Gasteiger partial charge on any atom is -0.0411 e. The molecule has 30 heavy (non-hydrogen) atoms. The molecule has 1 aliphatic carbocycles. The molecule has 0 aromatic carbocycles. The minimum atomic E-state index is 0.973. The van der Waals surface area contributed by atoms with E-state index in [0.29, 0.717) is 0 Å². The SMILES string of the molecule is CCCCCCCCCCCCC(C)CCC1CCC(CCCCCCCCC)C1. The van der Waals surface area contributed by atoms with Gasteiger partial charge in [0.05, 0.1) is 0 Å². The Kier molecular flexibility index (Phi) is 19.5. The zero-order chi connectivity index (χ0) is 21.7. The van der Waals surface area contributed by atoms with Crippen molar-refractivity contribution in [3.8, 4) is 0 Å². The Hall–Kier alpha value is 0. The average molecular weight is 421 g/mol. The van der Waals surface area contributed by atoms with E-state index in [1.165, 1.54) is 128 Å². The average Bonchev–Trinajstić information content (AvgIpc) is 3.21. The van der Waals surface area contributed by atoms with E-state index in [1.807, 2.05) is 0 Å². The lowest BCUT2D eigenvalue weighted by atomic mass is 9.91. The van der Waals surface area contributed by atoms with E-state index in [2.05, 4.69) is 20.8 Å². The van der Waals surface area contributed by atoms with Crippen LogP contribution in [-0.2, 0) is 0 Å². The molecule has 0 spiro atoms. The molecule has 0 aromatic rings. The van der Waals surface area contributed by atoms with Crippen LogP contribution in [0.5, 0.6) is 0 Å². The van der Waals surface area contributed by atoms with Crippen molar-refractivity contribution in [2.75, 3.05) is 0 Å². The van der Waals surface area contributed by atoms with Crippen molar-refractivity contribution in [3.05, 3.63) is 0 Å². The van der Waals surface area contributed by atoms with Crippen LogP contribution < -0.4 is 0 Å². The smallest absolute Gasteiger partial charge is 0.0411 e. The predicted octanol–water partition coefficient (Wildman–Crippen LogP) is 11.3. The molecular weight excluding hydrogens is 360 g/mol. The first-order valence-corrected chi connectivity index (χ1v) is 14.8. The van der Waals surface area contributed by atoms with Gasteiger partial charge in [0, 0.05) is 0 Å². The summed E-state index contributed by atoms with van der Waals surface area (Å²) in [7, 11) is 0. The second-order valence-electron chi connectivity index (χ2n) is 11.1. The minimum Gasteiger partial charge on any atom is -0.0654 e. The zero-order valence-corrected chi connectivity index (χ0v) is 21.7. The lowest BCUT2D eigenvalue weighted by Crippen LogP contribution is -2.02. The molecule has 1 fully saturated rings. The van der Waals surface area contributed by atoms with E-state index < -0.39 is 0 Å². The number of hydrogen-bond acceptors (Lipinski definition) is 0. The van der Waals surface area contributed by atoms with Gasteiger partial charge in [0.1, 0.15) is 0 Å². The van der Waals surface area contributed by atoms with Crippen LogP contribution in [0.4, 0.5) is 0 Å². The highest BCUT2D eigenvalue weighted by Gasteiger charge is 2.24. The summed E-state index contributed by atoms with van der Waals surface area (Å²) < 4.78 is 0. The Bertz CT molecular complexity index is 333. The lowest BCUT2D eigenvalue weighted by Gasteiger charge is -2.15. The molecule has 0 amide bonds. The second-order valence-corrected chi connectivity index (χ2v) is 11.1. The summed E-state index contributed by atoms with van der Waals surface area (Å²) in [5.41, 5.74) is 0. The maximum atomic E-state index is 2.53. The van der Waals surface area contributed by atoms with Crippen LogP contribution in [0.1, 0.15) is 175 Å². The predicted molar refractivity (Wildman–Crippen MR) is 138 cm³/mol. The number of rotatable bonds is 22. The maximum absolute atomic E-state index is 2.53. The molecular formula is C30H60. The van der Waals surface area contributed by atoms with Crippen molar-refractivity contribution < 1.29 is 0 Å². The number of hydrogen-bond donors (Lipinski definition) is 0. The zero-order valence-electron chi connectivity index (χ0n) is 21.7. The first-order chi connectivity index (χ1) is 14.8. The highest BCUT2D eigenvalue weighted by Crippen LogP contribution is 2.37. The fraction of sp³-hybridized carbons (Fsp3) is 1.00. The van der Waals surface area contributed by atoms with Gasteiger partial charge in [0.15, 0.2) is 0 Å². The van der Waals surface area contributed by atoms with Crippen molar-refractivity contribution in [2.45, 2.75) is 175 Å². The van der Waals surface area contributed by atoms with E-state index in [0.717, 1.165) is 17.8 Å². The van der Waals surface area contributed by atoms with Gasteiger partial charge < -0.3 is 0 Å². The summed E-state index contributed by atoms with van der Waals surface area (Å²) in [4.78, 5) is 0. The van der Waals surface area contributed by atoms with Gasteiger partial charge in [-0.3, -0.25) is 0 Å². The third-order valence-corrected chi connectivity index (χ3v) is 7.98. The van der Waals surface area contributed by atoms with Crippen LogP contribution in [0.25, 0.3) is 0 Å². The molecule has 0 heterocycles. The molecule has 1 aliphatic rings. The highest BCUT2D eigenvalue weighted by molar-refractivity contribution is 4.76. The summed E-state index contributed by atoms with van der Waals surface area (Å²) in [6, 6.07) is 0. The van der Waals surface area contributed by atoms with Crippen LogP contribution in [0.2, 0.25) is 0 Å². The normalized spacial score (nSPS) is 20.1. The van der Waals surface area contributed by atoms with E-state index in [4.69, 9.17) is 0 Å². The largest absolute Gasteiger partial charge is 0.0654 e. The fourth-order valence-electron chi connectivity index (χ4n) is 5.74. The van der Waals surface area contributed by atoms with Crippen molar-refractivity contribution in [2.24, 2.45) is 17.8 Å². The third-order valence-electron chi connectivity index (χ3n) is 7.98. The van der Waals surface area contributed by atoms with Crippen LogP contribution in [0, 0.1) is 17.8 Å². The summed E-state index contributed by atoms with van der Waals surface area (Å²) in [5.74, 6) is 3.14. The molecule has 0 aliphatic heterocycles. The summed E-state index contributed by atoms with van der Waals surface area (Å²) in [6.45, 7) is 7.15. The Morgan fingerprint density at radius 1 is 0.500 bits per heavy atom. The van der Waals surface area contributed by atoms with Gasteiger partial charge in [-0.25, -0.2) is 0 Å². The van der Waals surface area contributed by atoms with Crippen LogP contribution in [0.3, 0.4) is 0 Å². The number of unbranched alkanes of at least 4 members (excludes halogenated alkanes) is 15. The van der Waals surface area contributed by atoms with Crippen LogP contribution in [0.15, 0.2) is 0 Å². The molecule has 0 nitrogen and oxygen atoms in total. The first-order valence-electron chi connectivity index (χ1n) is 14.8. The Balaban J connectivity index is 1.86. The van der Waals surface area contributed by atoms with E-state index in [-0.39, 0.29) is 0 Å². The molecule has 0 radical (unpaired) electrons. The molecule has 1 saturated carbocycles. The monoisotopic (exact) mass is 420 g/mol. The van der Waals surface area contributed by atoms with Gasteiger partial charge in [-0.05, 0) is 24.2 Å². The van der Waals surface area contributed by atoms with Crippen molar-refractivity contribution >= 4 is 0 Å². The van der Waals surface area contributed by atoms with Gasteiger partial charge in [-0.15, -0.1) is 0 Å².